The Balaban J connectivity index is 0.000000386. The van der Waals surface area contributed by atoms with Gasteiger partial charge in [0, 0.05) is 6.04 Å². The number of hydrogen-bond donors (Lipinski definition) is 1. The van der Waals surface area contributed by atoms with E-state index >= 15 is 0 Å². The van der Waals surface area contributed by atoms with Gasteiger partial charge in [-0.25, -0.2) is 0 Å². The van der Waals surface area contributed by atoms with Gasteiger partial charge < -0.3 is 5.73 Å². The fraction of sp³-hybridized carbons (Fsp3) is 0.333. The van der Waals surface area contributed by atoms with Crippen molar-refractivity contribution in [3.8, 4) is 0 Å². The van der Waals surface area contributed by atoms with Crippen LogP contribution in [0.25, 0.3) is 10.8 Å². The van der Waals surface area contributed by atoms with E-state index in [2.05, 4.69) is 44.2 Å². The fourth-order valence-corrected chi connectivity index (χ4v) is 1.49. The molecule has 0 fully saturated rings. The molecule has 0 aliphatic carbocycles. The molecule has 2 rings (SSSR count). The average molecular weight is 215 g/mol. The van der Waals surface area contributed by atoms with Gasteiger partial charge in [-0.2, -0.15) is 0 Å². The SMILES string of the molecule is CCC.C[C@@H](N)c1ccc2ccccc2c1. The Kier molecular flexibility index (Phi) is 5.00. The number of fused-ring (bicyclic) bond motifs is 1. The van der Waals surface area contributed by atoms with Crippen LogP contribution in [-0.4, -0.2) is 0 Å². The van der Waals surface area contributed by atoms with Crippen molar-refractivity contribution in [2.45, 2.75) is 33.2 Å². The van der Waals surface area contributed by atoms with Crippen LogP contribution in [0.1, 0.15) is 38.8 Å². The van der Waals surface area contributed by atoms with Crippen molar-refractivity contribution in [3.05, 3.63) is 48.0 Å². The van der Waals surface area contributed by atoms with E-state index in [1.54, 1.807) is 0 Å². The van der Waals surface area contributed by atoms with Crippen LogP contribution in [-0.2, 0) is 0 Å². The smallest absolute Gasteiger partial charge is 0.0266 e. The zero-order valence-corrected chi connectivity index (χ0v) is 10.4. The van der Waals surface area contributed by atoms with E-state index in [0.29, 0.717) is 0 Å². The predicted octanol–water partition coefficient (Wildman–Crippen LogP) is 4.28. The number of rotatable bonds is 1. The average Bonchev–Trinajstić information content (AvgIpc) is 2.29. The van der Waals surface area contributed by atoms with Crippen molar-refractivity contribution in [2.24, 2.45) is 5.73 Å². The van der Waals surface area contributed by atoms with Crippen LogP contribution < -0.4 is 5.73 Å². The van der Waals surface area contributed by atoms with Gasteiger partial charge in [0.1, 0.15) is 0 Å². The Hall–Kier alpha value is -1.34. The molecule has 2 N–H and O–H groups in total. The van der Waals surface area contributed by atoms with Crippen molar-refractivity contribution in [1.29, 1.82) is 0 Å². The molecule has 0 saturated heterocycles. The Morgan fingerprint density at radius 3 is 2.12 bits per heavy atom. The molecule has 86 valence electrons. The Morgan fingerprint density at radius 2 is 1.56 bits per heavy atom. The summed E-state index contributed by atoms with van der Waals surface area (Å²) in [5.74, 6) is 0. The van der Waals surface area contributed by atoms with Gasteiger partial charge in [-0.05, 0) is 29.3 Å². The molecule has 0 heterocycles. The molecule has 0 saturated carbocycles. The van der Waals surface area contributed by atoms with Gasteiger partial charge in [0.2, 0.25) is 0 Å². The lowest BCUT2D eigenvalue weighted by atomic mass is 10.0. The summed E-state index contributed by atoms with van der Waals surface area (Å²) >= 11 is 0. The second-order valence-corrected chi connectivity index (χ2v) is 4.10. The third-order valence-corrected chi connectivity index (χ3v) is 2.30. The Bertz CT molecular complexity index is 432. The molecule has 2 aromatic carbocycles. The van der Waals surface area contributed by atoms with Crippen molar-refractivity contribution in [1.82, 2.24) is 0 Å². The minimum atomic E-state index is 0.115. The number of nitrogens with two attached hydrogens (primary N) is 1. The molecule has 0 radical (unpaired) electrons. The molecule has 0 amide bonds. The topological polar surface area (TPSA) is 26.0 Å². The Morgan fingerprint density at radius 1 is 1.00 bits per heavy atom. The van der Waals surface area contributed by atoms with Gasteiger partial charge in [-0.15, -0.1) is 0 Å². The van der Waals surface area contributed by atoms with E-state index in [-0.39, 0.29) is 6.04 Å². The quantitative estimate of drug-likeness (QED) is 0.755. The lowest BCUT2D eigenvalue weighted by Crippen LogP contribution is -2.04. The third kappa shape index (κ3) is 3.35. The lowest BCUT2D eigenvalue weighted by Gasteiger charge is -2.06. The summed E-state index contributed by atoms with van der Waals surface area (Å²) < 4.78 is 0. The van der Waals surface area contributed by atoms with Crippen LogP contribution in [0.4, 0.5) is 0 Å². The summed E-state index contributed by atoms with van der Waals surface area (Å²) in [4.78, 5) is 0. The van der Waals surface area contributed by atoms with Crippen LogP contribution in [0.5, 0.6) is 0 Å². The third-order valence-electron chi connectivity index (χ3n) is 2.30. The summed E-state index contributed by atoms with van der Waals surface area (Å²) in [6.07, 6.45) is 1.25. The van der Waals surface area contributed by atoms with E-state index in [4.69, 9.17) is 5.73 Å². The van der Waals surface area contributed by atoms with Crippen LogP contribution in [0.2, 0.25) is 0 Å². The maximum Gasteiger partial charge on any atom is 0.0266 e. The van der Waals surface area contributed by atoms with Gasteiger partial charge in [0.25, 0.3) is 0 Å². The molecule has 1 heteroatoms. The number of hydrogen-bond acceptors (Lipinski definition) is 1. The molecular weight excluding hydrogens is 194 g/mol. The highest BCUT2D eigenvalue weighted by Gasteiger charge is 1.99. The highest BCUT2D eigenvalue weighted by atomic mass is 14.6. The van der Waals surface area contributed by atoms with Crippen LogP contribution in [0, 0.1) is 0 Å². The molecule has 0 bridgehead atoms. The molecule has 0 aliphatic rings. The summed E-state index contributed by atoms with van der Waals surface area (Å²) in [7, 11) is 0. The van der Waals surface area contributed by atoms with E-state index in [1.807, 2.05) is 19.1 Å². The van der Waals surface area contributed by atoms with Gasteiger partial charge in [-0.3, -0.25) is 0 Å². The van der Waals surface area contributed by atoms with Gasteiger partial charge in [-0.1, -0.05) is 56.7 Å². The van der Waals surface area contributed by atoms with Crippen molar-refractivity contribution < 1.29 is 0 Å². The van der Waals surface area contributed by atoms with Crippen LogP contribution in [0.3, 0.4) is 0 Å². The summed E-state index contributed by atoms with van der Waals surface area (Å²) in [5.41, 5.74) is 7.00. The first-order valence-electron chi connectivity index (χ1n) is 5.93. The summed E-state index contributed by atoms with van der Waals surface area (Å²) in [6.45, 7) is 6.25. The molecular formula is C15H21N. The first kappa shape index (κ1) is 12.7. The zero-order valence-electron chi connectivity index (χ0n) is 10.4. The van der Waals surface area contributed by atoms with Crippen molar-refractivity contribution in [2.75, 3.05) is 0 Å². The first-order valence-corrected chi connectivity index (χ1v) is 5.93. The summed E-state index contributed by atoms with van der Waals surface area (Å²) in [5, 5.41) is 2.53. The predicted molar refractivity (Wildman–Crippen MR) is 72.5 cm³/mol. The molecule has 0 aromatic heterocycles. The van der Waals surface area contributed by atoms with Crippen molar-refractivity contribution in [3.63, 3.8) is 0 Å². The molecule has 2 aromatic rings. The second-order valence-electron chi connectivity index (χ2n) is 4.10. The standard InChI is InChI=1S/C12H13N.C3H8/c1-9(13)11-7-6-10-4-2-3-5-12(10)8-11;1-3-2/h2-9H,13H2,1H3;3H2,1-2H3/t9-;/m1./s1. The largest absolute Gasteiger partial charge is 0.324 e. The Labute approximate surface area is 98.3 Å². The molecule has 16 heavy (non-hydrogen) atoms. The zero-order chi connectivity index (χ0) is 12.0. The molecule has 0 unspecified atom stereocenters. The van der Waals surface area contributed by atoms with E-state index in [1.165, 1.54) is 22.8 Å². The monoisotopic (exact) mass is 215 g/mol. The fourth-order valence-electron chi connectivity index (χ4n) is 1.49. The molecule has 1 atom stereocenters. The minimum absolute atomic E-state index is 0.115. The van der Waals surface area contributed by atoms with E-state index in [0.717, 1.165) is 0 Å². The maximum atomic E-state index is 5.80. The van der Waals surface area contributed by atoms with E-state index in [9.17, 15) is 0 Å². The second kappa shape index (κ2) is 6.29. The van der Waals surface area contributed by atoms with Gasteiger partial charge in [0.05, 0.1) is 0 Å². The molecule has 0 spiro atoms. The van der Waals surface area contributed by atoms with Crippen LogP contribution in [0.15, 0.2) is 42.5 Å². The number of benzene rings is 2. The van der Waals surface area contributed by atoms with Crippen molar-refractivity contribution >= 4 is 10.8 Å². The highest BCUT2D eigenvalue weighted by molar-refractivity contribution is 5.83. The normalized spacial score (nSPS) is 11.8. The molecule has 1 nitrogen and oxygen atoms in total. The maximum absolute atomic E-state index is 5.80. The van der Waals surface area contributed by atoms with Crippen LogP contribution >= 0.6 is 0 Å². The van der Waals surface area contributed by atoms with E-state index < -0.39 is 0 Å². The first-order chi connectivity index (χ1) is 7.69. The summed E-state index contributed by atoms with van der Waals surface area (Å²) in [6, 6.07) is 14.8. The van der Waals surface area contributed by atoms with Gasteiger partial charge >= 0.3 is 0 Å². The van der Waals surface area contributed by atoms with Gasteiger partial charge in [0.15, 0.2) is 0 Å². The minimum Gasteiger partial charge on any atom is -0.324 e. The lowest BCUT2D eigenvalue weighted by molar-refractivity contribution is 0.820. The molecule has 0 aliphatic heterocycles. The highest BCUT2D eigenvalue weighted by Crippen LogP contribution is 2.18.